The van der Waals surface area contributed by atoms with Crippen molar-refractivity contribution in [2.45, 2.75) is 25.3 Å². The van der Waals surface area contributed by atoms with Gasteiger partial charge in [-0.1, -0.05) is 24.1 Å². The van der Waals surface area contributed by atoms with Crippen molar-refractivity contribution < 1.29 is 4.79 Å². The standard InChI is InChI=1S/C16H20N2O/c1-18(15-8-5-12-17-13-11-15)16(19)10-9-14-6-3-2-4-7-14/h2-4,6-7,15,17H,5,8,11-13H2,1H3. The molecule has 3 heteroatoms. The predicted octanol–water partition coefficient (Wildman–Crippen LogP) is 1.64. The summed E-state index contributed by atoms with van der Waals surface area (Å²) in [6.45, 7) is 2.03. The molecule has 1 unspecified atom stereocenters. The van der Waals surface area contributed by atoms with Gasteiger partial charge in [-0.25, -0.2) is 0 Å². The van der Waals surface area contributed by atoms with Crippen LogP contribution in [-0.4, -0.2) is 37.0 Å². The average molecular weight is 256 g/mol. The van der Waals surface area contributed by atoms with Crippen LogP contribution in [0, 0.1) is 11.8 Å². The highest BCUT2D eigenvalue weighted by Crippen LogP contribution is 2.11. The third-order valence-corrected chi connectivity index (χ3v) is 3.50. The normalized spacial score (nSPS) is 18.9. The summed E-state index contributed by atoms with van der Waals surface area (Å²) >= 11 is 0. The van der Waals surface area contributed by atoms with Crippen molar-refractivity contribution in [2.24, 2.45) is 0 Å². The molecule has 1 heterocycles. The second-order valence-corrected chi connectivity index (χ2v) is 4.87. The van der Waals surface area contributed by atoms with Gasteiger partial charge >= 0.3 is 0 Å². The zero-order valence-electron chi connectivity index (χ0n) is 11.4. The van der Waals surface area contributed by atoms with Gasteiger partial charge < -0.3 is 10.2 Å². The third kappa shape index (κ3) is 4.11. The van der Waals surface area contributed by atoms with E-state index in [1.807, 2.05) is 37.4 Å². The summed E-state index contributed by atoms with van der Waals surface area (Å²) in [5.41, 5.74) is 0.881. The molecule has 0 saturated carbocycles. The van der Waals surface area contributed by atoms with E-state index in [4.69, 9.17) is 0 Å². The quantitative estimate of drug-likeness (QED) is 0.775. The highest BCUT2D eigenvalue weighted by Gasteiger charge is 2.19. The fourth-order valence-corrected chi connectivity index (χ4v) is 2.29. The molecule has 1 aromatic rings. The van der Waals surface area contributed by atoms with Crippen molar-refractivity contribution in [3.05, 3.63) is 35.9 Å². The van der Waals surface area contributed by atoms with Gasteiger partial charge in [0.05, 0.1) is 0 Å². The molecule has 100 valence electrons. The molecule has 0 aliphatic carbocycles. The van der Waals surface area contributed by atoms with Crippen LogP contribution in [0.25, 0.3) is 0 Å². The van der Waals surface area contributed by atoms with Crippen LogP contribution in [-0.2, 0) is 4.79 Å². The van der Waals surface area contributed by atoms with Crippen LogP contribution >= 0.6 is 0 Å². The summed E-state index contributed by atoms with van der Waals surface area (Å²) in [5.74, 6) is 5.57. The number of carbonyl (C=O) groups is 1. The SMILES string of the molecule is CN(C(=O)C#Cc1ccccc1)C1CCCNCC1. The smallest absolute Gasteiger partial charge is 0.298 e. The Balaban J connectivity index is 1.97. The Morgan fingerprint density at radius 3 is 2.84 bits per heavy atom. The molecule has 3 nitrogen and oxygen atoms in total. The van der Waals surface area contributed by atoms with E-state index in [1.165, 1.54) is 0 Å². The highest BCUT2D eigenvalue weighted by atomic mass is 16.2. The largest absolute Gasteiger partial charge is 0.332 e. The lowest BCUT2D eigenvalue weighted by Gasteiger charge is -2.24. The van der Waals surface area contributed by atoms with Crippen LogP contribution in [0.1, 0.15) is 24.8 Å². The minimum absolute atomic E-state index is 0.0873. The van der Waals surface area contributed by atoms with Gasteiger partial charge in [-0.15, -0.1) is 0 Å². The molecule has 1 aromatic carbocycles. The fraction of sp³-hybridized carbons (Fsp3) is 0.438. The van der Waals surface area contributed by atoms with Crippen LogP contribution in [0.5, 0.6) is 0 Å². The summed E-state index contributed by atoms with van der Waals surface area (Å²) in [5, 5.41) is 3.35. The van der Waals surface area contributed by atoms with Gasteiger partial charge in [0.15, 0.2) is 0 Å². The van der Waals surface area contributed by atoms with E-state index in [0.29, 0.717) is 6.04 Å². The molecule has 1 amide bonds. The Morgan fingerprint density at radius 1 is 1.26 bits per heavy atom. The summed E-state index contributed by atoms with van der Waals surface area (Å²) in [6.07, 6.45) is 3.19. The molecular formula is C16H20N2O. The highest BCUT2D eigenvalue weighted by molar-refractivity contribution is 5.94. The number of benzene rings is 1. The number of hydrogen-bond donors (Lipinski definition) is 1. The maximum Gasteiger partial charge on any atom is 0.298 e. The molecule has 0 bridgehead atoms. The van der Waals surface area contributed by atoms with E-state index >= 15 is 0 Å². The molecule has 1 fully saturated rings. The van der Waals surface area contributed by atoms with E-state index in [0.717, 1.165) is 37.9 Å². The minimum Gasteiger partial charge on any atom is -0.332 e. The third-order valence-electron chi connectivity index (χ3n) is 3.50. The molecule has 1 saturated heterocycles. The maximum atomic E-state index is 12.1. The van der Waals surface area contributed by atoms with E-state index < -0.39 is 0 Å². The fourth-order valence-electron chi connectivity index (χ4n) is 2.29. The Labute approximate surface area is 115 Å². The molecule has 0 spiro atoms. The van der Waals surface area contributed by atoms with Crippen molar-refractivity contribution in [1.29, 1.82) is 0 Å². The zero-order chi connectivity index (χ0) is 13.5. The van der Waals surface area contributed by atoms with Crippen LogP contribution in [0.4, 0.5) is 0 Å². The van der Waals surface area contributed by atoms with Crippen molar-refractivity contribution in [1.82, 2.24) is 10.2 Å². The Hall–Kier alpha value is -1.79. The topological polar surface area (TPSA) is 32.3 Å². The van der Waals surface area contributed by atoms with Gasteiger partial charge in [-0.2, -0.15) is 0 Å². The lowest BCUT2D eigenvalue weighted by atomic mass is 10.1. The van der Waals surface area contributed by atoms with Gasteiger partial charge in [-0.3, -0.25) is 4.79 Å². The minimum atomic E-state index is -0.0873. The molecule has 1 atom stereocenters. The van der Waals surface area contributed by atoms with Crippen LogP contribution in [0.15, 0.2) is 30.3 Å². The van der Waals surface area contributed by atoms with Gasteiger partial charge in [0.25, 0.3) is 5.91 Å². The summed E-state index contributed by atoms with van der Waals surface area (Å²) in [6, 6.07) is 9.93. The molecule has 19 heavy (non-hydrogen) atoms. The lowest BCUT2D eigenvalue weighted by Crippen LogP contribution is -2.36. The van der Waals surface area contributed by atoms with Crippen molar-refractivity contribution in [3.63, 3.8) is 0 Å². The average Bonchev–Trinajstić information content (AvgIpc) is 2.74. The monoisotopic (exact) mass is 256 g/mol. The Bertz CT molecular complexity index is 465. The number of carbonyl (C=O) groups excluding carboxylic acids is 1. The second kappa shape index (κ2) is 6.96. The number of amides is 1. The molecule has 1 N–H and O–H groups in total. The molecule has 0 radical (unpaired) electrons. The summed E-state index contributed by atoms with van der Waals surface area (Å²) in [7, 11) is 1.86. The molecule has 1 aliphatic heterocycles. The molecular weight excluding hydrogens is 236 g/mol. The summed E-state index contributed by atoms with van der Waals surface area (Å²) < 4.78 is 0. The Morgan fingerprint density at radius 2 is 2.05 bits per heavy atom. The van der Waals surface area contributed by atoms with E-state index in [9.17, 15) is 4.79 Å². The lowest BCUT2D eigenvalue weighted by molar-refractivity contribution is -0.126. The van der Waals surface area contributed by atoms with E-state index in [-0.39, 0.29) is 5.91 Å². The number of nitrogens with one attached hydrogen (secondary N) is 1. The van der Waals surface area contributed by atoms with Gasteiger partial charge in [0, 0.05) is 24.6 Å². The van der Waals surface area contributed by atoms with Crippen LogP contribution in [0.3, 0.4) is 0 Å². The number of nitrogens with zero attached hydrogens (tertiary/aromatic N) is 1. The number of rotatable bonds is 1. The number of hydrogen-bond acceptors (Lipinski definition) is 2. The maximum absolute atomic E-state index is 12.1. The van der Waals surface area contributed by atoms with E-state index in [2.05, 4.69) is 17.2 Å². The van der Waals surface area contributed by atoms with E-state index in [1.54, 1.807) is 4.90 Å². The molecule has 0 aromatic heterocycles. The second-order valence-electron chi connectivity index (χ2n) is 4.87. The van der Waals surface area contributed by atoms with Crippen molar-refractivity contribution in [2.75, 3.05) is 20.1 Å². The first-order valence-corrected chi connectivity index (χ1v) is 6.82. The van der Waals surface area contributed by atoms with Crippen LogP contribution in [0.2, 0.25) is 0 Å². The first-order chi connectivity index (χ1) is 9.27. The molecule has 2 rings (SSSR count). The van der Waals surface area contributed by atoms with Crippen molar-refractivity contribution in [3.8, 4) is 11.8 Å². The van der Waals surface area contributed by atoms with Gasteiger partial charge in [0.2, 0.25) is 0 Å². The van der Waals surface area contributed by atoms with Crippen molar-refractivity contribution >= 4 is 5.91 Å². The summed E-state index contributed by atoms with van der Waals surface area (Å²) in [4.78, 5) is 13.9. The first-order valence-electron chi connectivity index (χ1n) is 6.82. The van der Waals surface area contributed by atoms with Gasteiger partial charge in [-0.05, 0) is 44.5 Å². The zero-order valence-corrected chi connectivity index (χ0v) is 11.4. The van der Waals surface area contributed by atoms with Gasteiger partial charge in [0.1, 0.15) is 0 Å². The van der Waals surface area contributed by atoms with Crippen LogP contribution < -0.4 is 5.32 Å². The predicted molar refractivity (Wildman–Crippen MR) is 76.6 cm³/mol. The first kappa shape index (κ1) is 13.6. The Kier molecular flexibility index (Phi) is 5.00. The molecule has 1 aliphatic rings.